The molecule has 0 aliphatic carbocycles. The minimum absolute atomic E-state index is 0.000613. The summed E-state index contributed by atoms with van der Waals surface area (Å²) in [5, 5.41) is 0. The highest BCUT2D eigenvalue weighted by Gasteiger charge is 2.20. The highest BCUT2D eigenvalue weighted by Crippen LogP contribution is 2.41. The van der Waals surface area contributed by atoms with Gasteiger partial charge in [-0.2, -0.15) is 0 Å². The minimum atomic E-state index is -0.0556. The zero-order valence-electron chi connectivity index (χ0n) is 18.2. The van der Waals surface area contributed by atoms with Gasteiger partial charge in [-0.25, -0.2) is 0 Å². The Morgan fingerprint density at radius 1 is 1.00 bits per heavy atom. The minimum Gasteiger partial charge on any atom is -0.493 e. The van der Waals surface area contributed by atoms with Gasteiger partial charge in [-0.05, 0) is 42.3 Å². The largest absolute Gasteiger partial charge is 0.493 e. The van der Waals surface area contributed by atoms with Crippen LogP contribution in [0, 0.1) is 5.92 Å². The lowest BCUT2D eigenvalue weighted by Crippen LogP contribution is -2.14. The lowest BCUT2D eigenvalue weighted by molar-refractivity contribution is 0.102. The van der Waals surface area contributed by atoms with Crippen molar-refractivity contribution in [3.63, 3.8) is 0 Å². The molecule has 0 radical (unpaired) electrons. The number of nitrogens with two attached hydrogens (primary N) is 1. The summed E-state index contributed by atoms with van der Waals surface area (Å²) >= 11 is 0. The van der Waals surface area contributed by atoms with E-state index in [9.17, 15) is 4.79 Å². The molecule has 0 heterocycles. The third-order valence-electron chi connectivity index (χ3n) is 4.70. The fraction of sp³-hybridized carbons (Fsp3) is 0.348. The number of benzene rings is 2. The fourth-order valence-corrected chi connectivity index (χ4v) is 3.14. The first kappa shape index (κ1) is 22.1. The van der Waals surface area contributed by atoms with Gasteiger partial charge >= 0.3 is 0 Å². The molecule has 0 saturated carbocycles. The SMILES string of the molecule is COc1ccc(C=C(C(=O)c2ccc(N)c(N(C)C)c2)C(C)C)c(OC)c1OC. The molecule has 0 spiro atoms. The van der Waals surface area contributed by atoms with Crippen LogP contribution in [0.4, 0.5) is 11.4 Å². The van der Waals surface area contributed by atoms with Crippen LogP contribution < -0.4 is 24.8 Å². The van der Waals surface area contributed by atoms with Gasteiger partial charge in [0.2, 0.25) is 5.75 Å². The van der Waals surface area contributed by atoms with Crippen molar-refractivity contribution >= 4 is 23.2 Å². The van der Waals surface area contributed by atoms with E-state index in [0.29, 0.717) is 34.1 Å². The van der Waals surface area contributed by atoms with E-state index in [1.807, 2.05) is 51.1 Å². The lowest BCUT2D eigenvalue weighted by Gasteiger charge is -2.18. The van der Waals surface area contributed by atoms with Gasteiger partial charge in [0.15, 0.2) is 17.3 Å². The number of anilines is 2. The van der Waals surface area contributed by atoms with Crippen molar-refractivity contribution in [2.45, 2.75) is 13.8 Å². The number of nitrogens with zero attached hydrogens (tertiary/aromatic N) is 1. The monoisotopic (exact) mass is 398 g/mol. The summed E-state index contributed by atoms with van der Waals surface area (Å²) in [6.45, 7) is 3.97. The van der Waals surface area contributed by atoms with Gasteiger partial charge in [-0.1, -0.05) is 13.8 Å². The molecule has 0 fully saturated rings. The second kappa shape index (κ2) is 9.37. The van der Waals surface area contributed by atoms with Crippen LogP contribution in [0.3, 0.4) is 0 Å². The van der Waals surface area contributed by atoms with Crippen LogP contribution in [0.5, 0.6) is 17.2 Å². The zero-order valence-corrected chi connectivity index (χ0v) is 18.2. The summed E-state index contributed by atoms with van der Waals surface area (Å²) in [5.74, 6) is 1.51. The Kier molecular flexibility index (Phi) is 7.15. The third-order valence-corrected chi connectivity index (χ3v) is 4.70. The number of rotatable bonds is 8. The summed E-state index contributed by atoms with van der Waals surface area (Å²) in [7, 11) is 8.48. The Balaban J connectivity index is 2.59. The molecule has 0 aliphatic heterocycles. The molecule has 0 bridgehead atoms. The van der Waals surface area contributed by atoms with E-state index in [1.54, 1.807) is 39.5 Å². The van der Waals surface area contributed by atoms with Crippen molar-refractivity contribution in [3.8, 4) is 17.2 Å². The topological polar surface area (TPSA) is 74.0 Å². The third kappa shape index (κ3) is 4.65. The molecule has 156 valence electrons. The first-order chi connectivity index (χ1) is 13.7. The molecule has 0 aliphatic rings. The molecule has 6 heteroatoms. The molecule has 0 aromatic heterocycles. The fourth-order valence-electron chi connectivity index (χ4n) is 3.14. The summed E-state index contributed by atoms with van der Waals surface area (Å²) in [6.07, 6.45) is 1.85. The Labute approximate surface area is 172 Å². The van der Waals surface area contributed by atoms with Crippen LogP contribution in [0.1, 0.15) is 29.8 Å². The van der Waals surface area contributed by atoms with Gasteiger partial charge < -0.3 is 24.8 Å². The van der Waals surface area contributed by atoms with Crippen molar-refractivity contribution in [2.24, 2.45) is 5.92 Å². The molecule has 29 heavy (non-hydrogen) atoms. The smallest absolute Gasteiger partial charge is 0.203 e. The summed E-state index contributed by atoms with van der Waals surface area (Å²) in [4.78, 5) is 15.2. The number of nitrogen functional groups attached to an aromatic ring is 1. The molecule has 0 unspecified atom stereocenters. The van der Waals surface area contributed by atoms with E-state index in [2.05, 4.69) is 0 Å². The van der Waals surface area contributed by atoms with Gasteiger partial charge in [-0.3, -0.25) is 4.79 Å². The first-order valence-electron chi connectivity index (χ1n) is 9.37. The summed E-state index contributed by atoms with van der Waals surface area (Å²) in [5.41, 5.74) is 9.46. The molecule has 2 rings (SSSR count). The van der Waals surface area contributed by atoms with Crippen molar-refractivity contribution in [2.75, 3.05) is 46.1 Å². The molecular formula is C23H30N2O4. The van der Waals surface area contributed by atoms with Crippen molar-refractivity contribution < 1.29 is 19.0 Å². The van der Waals surface area contributed by atoms with Gasteiger partial charge in [0, 0.05) is 30.8 Å². The normalized spacial score (nSPS) is 11.4. The zero-order chi connectivity index (χ0) is 21.7. The molecule has 0 saturated heterocycles. The van der Waals surface area contributed by atoms with Crippen LogP contribution in [0.25, 0.3) is 6.08 Å². The van der Waals surface area contributed by atoms with Gasteiger partial charge in [0.25, 0.3) is 0 Å². The van der Waals surface area contributed by atoms with Gasteiger partial charge in [0.05, 0.1) is 32.7 Å². The number of carbonyl (C=O) groups is 1. The number of ketones is 1. The number of allylic oxidation sites excluding steroid dienone is 1. The Morgan fingerprint density at radius 3 is 2.17 bits per heavy atom. The predicted octanol–water partition coefficient (Wildman–Crippen LogP) is 4.28. The predicted molar refractivity (Wildman–Crippen MR) is 118 cm³/mol. The maximum atomic E-state index is 13.3. The lowest BCUT2D eigenvalue weighted by atomic mass is 9.91. The summed E-state index contributed by atoms with van der Waals surface area (Å²) in [6, 6.07) is 8.98. The number of ether oxygens (including phenoxy) is 3. The van der Waals surface area contributed by atoms with Crippen LogP contribution in [0.2, 0.25) is 0 Å². The van der Waals surface area contributed by atoms with Crippen LogP contribution in [-0.4, -0.2) is 41.2 Å². The quantitative estimate of drug-likeness (QED) is 0.406. The first-order valence-corrected chi connectivity index (χ1v) is 9.37. The van der Waals surface area contributed by atoms with Crippen LogP contribution >= 0.6 is 0 Å². The van der Waals surface area contributed by atoms with E-state index in [0.717, 1.165) is 11.3 Å². The standard InChI is InChI=1S/C23H30N2O4/c1-14(2)17(21(26)15-8-10-18(24)19(13-15)25(3)4)12-16-9-11-20(27-5)23(29-7)22(16)28-6/h8-14H,24H2,1-7H3. The second-order valence-electron chi connectivity index (χ2n) is 7.18. The Bertz CT molecular complexity index is 917. The highest BCUT2D eigenvalue weighted by atomic mass is 16.5. The maximum absolute atomic E-state index is 13.3. The molecule has 6 nitrogen and oxygen atoms in total. The average molecular weight is 399 g/mol. The highest BCUT2D eigenvalue weighted by molar-refractivity contribution is 6.12. The summed E-state index contributed by atoms with van der Waals surface area (Å²) < 4.78 is 16.4. The molecular weight excluding hydrogens is 368 g/mol. The van der Waals surface area contributed by atoms with E-state index in [4.69, 9.17) is 19.9 Å². The van der Waals surface area contributed by atoms with E-state index >= 15 is 0 Å². The number of carbonyl (C=O) groups excluding carboxylic acids is 1. The van der Waals surface area contributed by atoms with Crippen molar-refractivity contribution in [3.05, 3.63) is 47.0 Å². The number of Topliss-reactive ketones (excluding diaryl/α,β-unsaturated/α-hetero) is 1. The molecule has 0 amide bonds. The second-order valence-corrected chi connectivity index (χ2v) is 7.18. The maximum Gasteiger partial charge on any atom is 0.203 e. The van der Waals surface area contributed by atoms with Crippen LogP contribution in [-0.2, 0) is 0 Å². The van der Waals surface area contributed by atoms with Gasteiger partial charge in [-0.15, -0.1) is 0 Å². The van der Waals surface area contributed by atoms with Crippen molar-refractivity contribution in [1.29, 1.82) is 0 Å². The van der Waals surface area contributed by atoms with E-state index < -0.39 is 0 Å². The number of hydrogen-bond donors (Lipinski definition) is 1. The average Bonchev–Trinajstić information content (AvgIpc) is 2.70. The van der Waals surface area contributed by atoms with E-state index in [1.165, 1.54) is 0 Å². The molecule has 0 atom stereocenters. The molecule has 2 aromatic carbocycles. The van der Waals surface area contributed by atoms with Crippen LogP contribution in [0.15, 0.2) is 35.9 Å². The number of hydrogen-bond acceptors (Lipinski definition) is 6. The molecule has 2 N–H and O–H groups in total. The Hall–Kier alpha value is -3.15. The Morgan fingerprint density at radius 2 is 1.66 bits per heavy atom. The number of methoxy groups -OCH3 is 3. The van der Waals surface area contributed by atoms with Gasteiger partial charge in [0.1, 0.15) is 0 Å². The van der Waals surface area contributed by atoms with Crippen molar-refractivity contribution in [1.82, 2.24) is 0 Å². The van der Waals surface area contributed by atoms with E-state index in [-0.39, 0.29) is 11.7 Å². The molecule has 2 aromatic rings.